The second-order valence-corrected chi connectivity index (χ2v) is 4.56. The average Bonchev–Trinajstić information content (AvgIpc) is 2.21. The lowest BCUT2D eigenvalue weighted by molar-refractivity contribution is -0.516. The number of nitrogens with zero attached hydrogens (tertiary/aromatic N) is 1. The highest BCUT2D eigenvalue weighted by atomic mass is 32.2. The van der Waals surface area contributed by atoms with E-state index in [2.05, 4.69) is 0 Å². The molecule has 0 aliphatic heterocycles. The SMILES string of the molecule is CCC(CSc1ccc(C)cc1)[N+](=O)[O-]. The molecule has 0 radical (unpaired) electrons. The fraction of sp³-hybridized carbons (Fsp3) is 0.455. The van der Waals surface area contributed by atoms with Crippen LogP contribution in [0.3, 0.4) is 0 Å². The summed E-state index contributed by atoms with van der Waals surface area (Å²) in [5, 5.41) is 10.6. The van der Waals surface area contributed by atoms with Crippen molar-refractivity contribution in [2.45, 2.75) is 31.2 Å². The van der Waals surface area contributed by atoms with Gasteiger partial charge in [-0.1, -0.05) is 24.6 Å². The van der Waals surface area contributed by atoms with E-state index in [0.29, 0.717) is 12.2 Å². The predicted octanol–water partition coefficient (Wildman–Crippen LogP) is 3.14. The van der Waals surface area contributed by atoms with Crippen molar-refractivity contribution in [3.8, 4) is 0 Å². The van der Waals surface area contributed by atoms with Gasteiger partial charge >= 0.3 is 0 Å². The van der Waals surface area contributed by atoms with Gasteiger partial charge in [0.05, 0.1) is 5.75 Å². The number of hydrogen-bond donors (Lipinski definition) is 0. The van der Waals surface area contributed by atoms with E-state index in [9.17, 15) is 10.1 Å². The molecule has 1 aromatic carbocycles. The zero-order chi connectivity index (χ0) is 11.3. The molecule has 0 bridgehead atoms. The lowest BCUT2D eigenvalue weighted by atomic mass is 10.2. The molecule has 0 amide bonds. The Hall–Kier alpha value is -1.03. The van der Waals surface area contributed by atoms with E-state index in [1.54, 1.807) is 11.8 Å². The van der Waals surface area contributed by atoms with Gasteiger partial charge in [0, 0.05) is 16.2 Å². The van der Waals surface area contributed by atoms with Crippen molar-refractivity contribution >= 4 is 11.8 Å². The third-order valence-corrected chi connectivity index (χ3v) is 3.39. The van der Waals surface area contributed by atoms with Crippen molar-refractivity contribution in [3.63, 3.8) is 0 Å². The Morgan fingerprint density at radius 2 is 2.00 bits per heavy atom. The van der Waals surface area contributed by atoms with Crippen LogP contribution in [0.5, 0.6) is 0 Å². The summed E-state index contributed by atoms with van der Waals surface area (Å²) in [5.41, 5.74) is 1.21. The van der Waals surface area contributed by atoms with Crippen molar-refractivity contribution in [1.82, 2.24) is 0 Å². The normalized spacial score (nSPS) is 12.4. The van der Waals surface area contributed by atoms with E-state index in [4.69, 9.17) is 0 Å². The molecule has 0 saturated heterocycles. The summed E-state index contributed by atoms with van der Waals surface area (Å²) in [4.78, 5) is 11.5. The van der Waals surface area contributed by atoms with Crippen molar-refractivity contribution in [3.05, 3.63) is 39.9 Å². The molecule has 0 saturated carbocycles. The van der Waals surface area contributed by atoms with E-state index in [-0.39, 0.29) is 4.92 Å². The van der Waals surface area contributed by atoms with Crippen molar-refractivity contribution in [2.75, 3.05) is 5.75 Å². The highest BCUT2D eigenvalue weighted by Crippen LogP contribution is 2.20. The molecule has 1 atom stereocenters. The monoisotopic (exact) mass is 225 g/mol. The summed E-state index contributed by atoms with van der Waals surface area (Å²) >= 11 is 1.55. The molecule has 0 spiro atoms. The van der Waals surface area contributed by atoms with Gasteiger partial charge < -0.3 is 0 Å². The zero-order valence-electron chi connectivity index (χ0n) is 8.97. The summed E-state index contributed by atoms with van der Waals surface area (Å²) < 4.78 is 0. The molecule has 1 aromatic rings. The van der Waals surface area contributed by atoms with Crippen LogP contribution in [0.1, 0.15) is 18.9 Å². The van der Waals surface area contributed by atoms with Gasteiger partial charge in [-0.2, -0.15) is 0 Å². The first-order chi connectivity index (χ1) is 7.13. The van der Waals surface area contributed by atoms with Crippen LogP contribution >= 0.6 is 11.8 Å². The molecule has 0 N–H and O–H groups in total. The van der Waals surface area contributed by atoms with Crippen LogP contribution in [0.4, 0.5) is 0 Å². The van der Waals surface area contributed by atoms with Crippen LogP contribution in [0.25, 0.3) is 0 Å². The molecule has 0 heterocycles. The molecule has 0 fully saturated rings. The van der Waals surface area contributed by atoms with Crippen LogP contribution in [0.2, 0.25) is 0 Å². The molecule has 1 unspecified atom stereocenters. The van der Waals surface area contributed by atoms with Gasteiger partial charge in [-0.05, 0) is 19.1 Å². The van der Waals surface area contributed by atoms with Crippen LogP contribution in [-0.2, 0) is 0 Å². The summed E-state index contributed by atoms with van der Waals surface area (Å²) in [6, 6.07) is 7.63. The highest BCUT2D eigenvalue weighted by molar-refractivity contribution is 7.99. The Morgan fingerprint density at radius 1 is 1.40 bits per heavy atom. The molecule has 0 aromatic heterocycles. The fourth-order valence-corrected chi connectivity index (χ4v) is 2.23. The Labute approximate surface area is 94.0 Å². The van der Waals surface area contributed by atoms with Gasteiger partial charge in [0.2, 0.25) is 6.04 Å². The standard InChI is InChI=1S/C11H15NO2S/c1-3-10(12(13)14)8-15-11-6-4-9(2)5-7-11/h4-7,10H,3,8H2,1-2H3. The molecular weight excluding hydrogens is 210 g/mol. The Balaban J connectivity index is 2.49. The first-order valence-electron chi connectivity index (χ1n) is 4.96. The number of benzene rings is 1. The van der Waals surface area contributed by atoms with E-state index >= 15 is 0 Å². The smallest absolute Gasteiger partial charge is 0.222 e. The average molecular weight is 225 g/mol. The Morgan fingerprint density at radius 3 is 2.47 bits per heavy atom. The number of thioether (sulfide) groups is 1. The first kappa shape index (κ1) is 12.0. The van der Waals surface area contributed by atoms with Gasteiger partial charge in [-0.15, -0.1) is 11.8 Å². The van der Waals surface area contributed by atoms with Gasteiger partial charge in [0.1, 0.15) is 0 Å². The Bertz CT molecular complexity index is 324. The predicted molar refractivity (Wildman–Crippen MR) is 63.0 cm³/mol. The molecule has 4 heteroatoms. The minimum absolute atomic E-state index is 0.193. The number of nitro groups is 1. The van der Waals surface area contributed by atoms with Crippen LogP contribution in [-0.4, -0.2) is 16.7 Å². The number of rotatable bonds is 5. The summed E-state index contributed by atoms with van der Waals surface area (Å²) in [7, 11) is 0. The molecule has 0 aliphatic carbocycles. The molecule has 0 aliphatic rings. The summed E-state index contributed by atoms with van der Waals surface area (Å²) in [6.07, 6.45) is 0.589. The fourth-order valence-electron chi connectivity index (χ4n) is 1.15. The quantitative estimate of drug-likeness (QED) is 0.439. The second-order valence-electron chi connectivity index (χ2n) is 3.47. The number of aryl methyl sites for hydroxylation is 1. The third kappa shape index (κ3) is 3.91. The maximum atomic E-state index is 10.6. The minimum atomic E-state index is -0.434. The van der Waals surface area contributed by atoms with E-state index in [0.717, 1.165) is 4.90 Å². The van der Waals surface area contributed by atoms with Crippen LogP contribution in [0.15, 0.2) is 29.2 Å². The maximum Gasteiger partial charge on any atom is 0.222 e. The van der Waals surface area contributed by atoms with E-state index < -0.39 is 6.04 Å². The lowest BCUT2D eigenvalue weighted by Gasteiger charge is -2.06. The van der Waals surface area contributed by atoms with Crippen LogP contribution in [0, 0.1) is 17.0 Å². The largest absolute Gasteiger partial charge is 0.264 e. The van der Waals surface area contributed by atoms with Gasteiger partial charge in [-0.3, -0.25) is 10.1 Å². The Kier molecular flexibility index (Phi) is 4.62. The lowest BCUT2D eigenvalue weighted by Crippen LogP contribution is -2.20. The highest BCUT2D eigenvalue weighted by Gasteiger charge is 2.17. The molecule has 15 heavy (non-hydrogen) atoms. The van der Waals surface area contributed by atoms with Crippen LogP contribution < -0.4 is 0 Å². The first-order valence-corrected chi connectivity index (χ1v) is 5.95. The van der Waals surface area contributed by atoms with Crippen molar-refractivity contribution in [2.24, 2.45) is 0 Å². The second kappa shape index (κ2) is 5.75. The third-order valence-electron chi connectivity index (χ3n) is 2.23. The number of hydrogen-bond acceptors (Lipinski definition) is 3. The van der Waals surface area contributed by atoms with Gasteiger partial charge in [-0.25, -0.2) is 0 Å². The molecule has 82 valence electrons. The van der Waals surface area contributed by atoms with Crippen molar-refractivity contribution < 1.29 is 4.92 Å². The van der Waals surface area contributed by atoms with E-state index in [1.165, 1.54) is 5.56 Å². The molecule has 1 rings (SSSR count). The van der Waals surface area contributed by atoms with Gasteiger partial charge in [0.25, 0.3) is 0 Å². The zero-order valence-corrected chi connectivity index (χ0v) is 9.79. The maximum absolute atomic E-state index is 10.6. The minimum Gasteiger partial charge on any atom is -0.264 e. The topological polar surface area (TPSA) is 43.1 Å². The summed E-state index contributed by atoms with van der Waals surface area (Å²) in [6.45, 7) is 3.88. The summed E-state index contributed by atoms with van der Waals surface area (Å²) in [5.74, 6) is 0.548. The molecule has 3 nitrogen and oxygen atoms in total. The van der Waals surface area contributed by atoms with E-state index in [1.807, 2.05) is 38.1 Å². The van der Waals surface area contributed by atoms with Crippen molar-refractivity contribution in [1.29, 1.82) is 0 Å². The van der Waals surface area contributed by atoms with Gasteiger partial charge in [0.15, 0.2) is 0 Å². The molecular formula is C11H15NO2S.